The Bertz CT molecular complexity index is 1430. The molecule has 2 amide bonds. The molecule has 190 valence electrons. The number of nitriles is 1. The van der Waals surface area contributed by atoms with Crippen molar-refractivity contribution in [1.82, 2.24) is 4.90 Å². The second-order valence-electron chi connectivity index (χ2n) is 8.53. The smallest absolute Gasteiger partial charge is 0.307 e. The Balaban J connectivity index is 1.93. The van der Waals surface area contributed by atoms with Gasteiger partial charge in [0.25, 0.3) is 5.91 Å². The van der Waals surface area contributed by atoms with Crippen molar-refractivity contribution < 1.29 is 27.9 Å². The van der Waals surface area contributed by atoms with Crippen LogP contribution >= 0.6 is 11.8 Å². The second kappa shape index (κ2) is 10.1. The number of hydrogen-bond donors (Lipinski definition) is 2. The van der Waals surface area contributed by atoms with Crippen molar-refractivity contribution in [3.05, 3.63) is 86.7 Å². The Hall–Kier alpha value is -4.17. The molecule has 2 heterocycles. The van der Waals surface area contributed by atoms with E-state index in [1.807, 2.05) is 19.1 Å². The maximum absolute atomic E-state index is 15.0. The van der Waals surface area contributed by atoms with Gasteiger partial charge >= 0.3 is 5.97 Å². The molecule has 1 saturated heterocycles. The van der Waals surface area contributed by atoms with E-state index in [1.165, 1.54) is 7.11 Å². The van der Waals surface area contributed by atoms with Crippen molar-refractivity contribution in [1.29, 1.82) is 5.26 Å². The number of nitrogens with one attached hydrogen (secondary N) is 1. The zero-order chi connectivity index (χ0) is 27.0. The molecule has 0 unspecified atom stereocenters. The largest absolute Gasteiger partial charge is 0.469 e. The molecule has 4 rings (SSSR count). The number of ether oxygens (including phenoxy) is 1. The molecule has 0 radical (unpaired) electrons. The van der Waals surface area contributed by atoms with E-state index in [-0.39, 0.29) is 28.4 Å². The Morgan fingerprint density at radius 3 is 2.49 bits per heavy atom. The first-order valence-corrected chi connectivity index (χ1v) is 12.0. The summed E-state index contributed by atoms with van der Waals surface area (Å²) in [7, 11) is 1.17. The number of carbonyl (C=O) groups is 3. The number of aryl methyl sites for hydroxylation is 2. The molecule has 37 heavy (non-hydrogen) atoms. The van der Waals surface area contributed by atoms with Gasteiger partial charge in [-0.2, -0.15) is 5.26 Å². The van der Waals surface area contributed by atoms with Gasteiger partial charge in [-0.25, -0.2) is 8.78 Å². The Kier molecular flexibility index (Phi) is 7.05. The first-order chi connectivity index (χ1) is 17.6. The van der Waals surface area contributed by atoms with Gasteiger partial charge in [0.15, 0.2) is 0 Å². The Morgan fingerprint density at radius 1 is 1.22 bits per heavy atom. The number of nitrogens with zero attached hydrogens (tertiary/aromatic N) is 2. The van der Waals surface area contributed by atoms with Crippen LogP contribution in [-0.4, -0.2) is 35.0 Å². The number of thioether (sulfide) groups is 1. The molecule has 0 bridgehead atoms. The molecule has 1 fully saturated rings. The lowest BCUT2D eigenvalue weighted by Crippen LogP contribution is -2.39. The molecular formula is C26H22F2N4O4S. The zero-order valence-electron chi connectivity index (χ0n) is 20.1. The van der Waals surface area contributed by atoms with E-state index in [0.717, 1.165) is 46.0 Å². The third-order valence-corrected chi connectivity index (χ3v) is 7.42. The van der Waals surface area contributed by atoms with Crippen molar-refractivity contribution in [2.75, 3.05) is 12.4 Å². The van der Waals surface area contributed by atoms with Crippen LogP contribution in [0.5, 0.6) is 0 Å². The van der Waals surface area contributed by atoms with E-state index in [9.17, 15) is 19.6 Å². The van der Waals surface area contributed by atoms with Crippen LogP contribution < -0.4 is 11.1 Å². The van der Waals surface area contributed by atoms with Crippen molar-refractivity contribution in [2.24, 2.45) is 5.73 Å². The summed E-state index contributed by atoms with van der Waals surface area (Å²) in [5, 5.41) is 11.7. The summed E-state index contributed by atoms with van der Waals surface area (Å²) in [6.45, 7) is 3.66. The van der Waals surface area contributed by atoms with Gasteiger partial charge in [0.2, 0.25) is 5.91 Å². The standard InChI is InChI=1S/C26H22F2N4O4S/c1-12-7-8-17(13(2)9-12)31-24(34)22-20(21-15(27)5-4-6-16(21)28)14(11-29)23(30)32-25(35)18(37-26(22)32)10-19(33)36-3/h4-9,18,20H,10,30H2,1-3H3,(H,31,34)/t18-,20-/m0/s1. The number of allylic oxidation sites excluding steroid dienone is 1. The molecule has 0 aromatic heterocycles. The number of hydrogen-bond acceptors (Lipinski definition) is 7. The van der Waals surface area contributed by atoms with E-state index in [4.69, 9.17) is 5.73 Å². The topological polar surface area (TPSA) is 126 Å². The van der Waals surface area contributed by atoms with Crippen LogP contribution in [0, 0.1) is 36.8 Å². The Labute approximate surface area is 215 Å². The van der Waals surface area contributed by atoms with Crippen LogP contribution in [0.25, 0.3) is 0 Å². The van der Waals surface area contributed by atoms with Crippen LogP contribution in [0.3, 0.4) is 0 Å². The maximum Gasteiger partial charge on any atom is 0.307 e. The molecule has 2 aromatic rings. The number of carbonyl (C=O) groups excluding carboxylic acids is 3. The summed E-state index contributed by atoms with van der Waals surface area (Å²) in [6.07, 6.45) is -0.333. The van der Waals surface area contributed by atoms with Gasteiger partial charge < -0.3 is 15.8 Å². The molecule has 8 nitrogen and oxygen atoms in total. The number of benzene rings is 2. The summed E-state index contributed by atoms with van der Waals surface area (Å²) in [6, 6.07) is 10.3. The lowest BCUT2D eigenvalue weighted by atomic mass is 9.82. The van der Waals surface area contributed by atoms with E-state index in [1.54, 1.807) is 19.1 Å². The summed E-state index contributed by atoms with van der Waals surface area (Å²) in [5.41, 5.74) is 7.16. The number of halogens is 2. The number of fused-ring (bicyclic) bond motifs is 1. The molecule has 3 N–H and O–H groups in total. The number of rotatable bonds is 5. The van der Waals surface area contributed by atoms with Gasteiger partial charge in [0.1, 0.15) is 22.7 Å². The number of nitrogens with two attached hydrogens (primary N) is 1. The predicted molar refractivity (Wildman–Crippen MR) is 132 cm³/mol. The van der Waals surface area contributed by atoms with E-state index >= 15 is 8.78 Å². The van der Waals surface area contributed by atoms with Gasteiger partial charge in [-0.1, -0.05) is 35.5 Å². The summed E-state index contributed by atoms with van der Waals surface area (Å²) in [4.78, 5) is 39.9. The normalized spacial score (nSPS) is 19.0. The molecule has 11 heteroatoms. The fourth-order valence-corrected chi connectivity index (χ4v) is 5.69. The van der Waals surface area contributed by atoms with E-state index < -0.39 is 46.1 Å². The van der Waals surface area contributed by atoms with Crippen molar-refractivity contribution in [2.45, 2.75) is 31.4 Å². The Morgan fingerprint density at radius 2 is 1.89 bits per heavy atom. The molecule has 2 aliphatic heterocycles. The number of anilines is 1. The van der Waals surface area contributed by atoms with Crippen LogP contribution in [0.15, 0.2) is 58.4 Å². The van der Waals surface area contributed by atoms with Gasteiger partial charge in [-0.3, -0.25) is 19.3 Å². The SMILES string of the molecule is COC(=O)C[C@@H]1SC2=C(C(=O)Nc3ccc(C)cc3C)[C@H](c3c(F)cccc3F)C(C#N)=C(N)N2C1=O. The van der Waals surface area contributed by atoms with Gasteiger partial charge in [0, 0.05) is 11.3 Å². The summed E-state index contributed by atoms with van der Waals surface area (Å²) in [5.74, 6) is -5.99. The quantitative estimate of drug-likeness (QED) is 0.571. The highest BCUT2D eigenvalue weighted by Gasteiger charge is 2.49. The molecule has 0 saturated carbocycles. The van der Waals surface area contributed by atoms with E-state index in [0.29, 0.717) is 5.69 Å². The minimum Gasteiger partial charge on any atom is -0.469 e. The molecular weight excluding hydrogens is 502 g/mol. The number of methoxy groups -OCH3 is 1. The average molecular weight is 525 g/mol. The predicted octanol–water partition coefficient (Wildman–Crippen LogP) is 3.73. The second-order valence-corrected chi connectivity index (χ2v) is 9.72. The lowest BCUT2D eigenvalue weighted by Gasteiger charge is -2.32. The molecule has 2 aromatic carbocycles. The summed E-state index contributed by atoms with van der Waals surface area (Å²) < 4.78 is 34.8. The van der Waals surface area contributed by atoms with Crippen LogP contribution in [0.2, 0.25) is 0 Å². The third kappa shape index (κ3) is 4.56. The van der Waals surface area contributed by atoms with Gasteiger partial charge in [0.05, 0.1) is 41.7 Å². The third-order valence-electron chi connectivity index (χ3n) is 6.14. The summed E-state index contributed by atoms with van der Waals surface area (Å²) >= 11 is 0.852. The molecule has 2 aliphatic rings. The van der Waals surface area contributed by atoms with Crippen LogP contribution in [-0.2, 0) is 19.1 Å². The molecule has 0 spiro atoms. The first kappa shape index (κ1) is 25.9. The van der Waals surface area contributed by atoms with Crippen LogP contribution in [0.4, 0.5) is 14.5 Å². The minimum atomic E-state index is -1.54. The highest BCUT2D eigenvalue weighted by molar-refractivity contribution is 8.04. The first-order valence-electron chi connectivity index (χ1n) is 11.1. The highest BCUT2D eigenvalue weighted by Crippen LogP contribution is 2.50. The van der Waals surface area contributed by atoms with Gasteiger partial charge in [-0.15, -0.1) is 0 Å². The highest BCUT2D eigenvalue weighted by atomic mass is 32.2. The zero-order valence-corrected chi connectivity index (χ0v) is 20.9. The fourth-order valence-electron chi connectivity index (χ4n) is 4.36. The van der Waals surface area contributed by atoms with Crippen molar-refractivity contribution in [3.8, 4) is 6.07 Å². The van der Waals surface area contributed by atoms with Crippen molar-refractivity contribution in [3.63, 3.8) is 0 Å². The molecule has 2 atom stereocenters. The van der Waals surface area contributed by atoms with E-state index in [2.05, 4.69) is 10.1 Å². The van der Waals surface area contributed by atoms with Crippen LogP contribution in [0.1, 0.15) is 29.0 Å². The van der Waals surface area contributed by atoms with Gasteiger partial charge in [-0.05, 0) is 37.6 Å². The number of amides is 2. The fraction of sp³-hybridized carbons (Fsp3) is 0.231. The van der Waals surface area contributed by atoms with Crippen molar-refractivity contribution >= 4 is 35.2 Å². The number of esters is 1. The maximum atomic E-state index is 15.0. The average Bonchev–Trinajstić information content (AvgIpc) is 3.16. The monoisotopic (exact) mass is 524 g/mol. The minimum absolute atomic E-state index is 0.00896. The molecule has 0 aliphatic carbocycles. The lowest BCUT2D eigenvalue weighted by molar-refractivity contribution is -0.142.